The normalized spacial score (nSPS) is 21.6. The van der Waals surface area contributed by atoms with Crippen molar-refractivity contribution in [3.8, 4) is 0 Å². The van der Waals surface area contributed by atoms with Gasteiger partial charge in [-0.25, -0.2) is 4.98 Å². The van der Waals surface area contributed by atoms with Crippen LogP contribution in [0.5, 0.6) is 0 Å². The molecule has 1 spiro atoms. The number of hydrogen-bond acceptors (Lipinski definition) is 8. The molecule has 2 atom stereocenters. The molecule has 2 fully saturated rings. The molecule has 37 heavy (non-hydrogen) atoms. The van der Waals surface area contributed by atoms with E-state index in [9.17, 15) is 18.4 Å². The number of nitrogen functional groups attached to an aromatic ring is 1. The number of nitrogens with zero attached hydrogens (tertiary/aromatic N) is 4. The van der Waals surface area contributed by atoms with Gasteiger partial charge in [0, 0.05) is 56.0 Å². The fourth-order valence-electron chi connectivity index (χ4n) is 5.65. The van der Waals surface area contributed by atoms with Crippen LogP contribution in [0.3, 0.4) is 0 Å². The van der Waals surface area contributed by atoms with Crippen LogP contribution in [0.25, 0.3) is 0 Å². The molecule has 4 heterocycles. The van der Waals surface area contributed by atoms with E-state index in [1.807, 2.05) is 30.6 Å². The zero-order chi connectivity index (χ0) is 26.2. The predicted molar refractivity (Wildman–Crippen MR) is 145 cm³/mol. The largest absolute Gasteiger partial charge is 0.768 e. The van der Waals surface area contributed by atoms with Gasteiger partial charge in [-0.3, -0.25) is 18.7 Å². The highest BCUT2D eigenvalue weighted by molar-refractivity contribution is 7.79. The van der Waals surface area contributed by atoms with Crippen LogP contribution in [-0.2, 0) is 26.1 Å². The van der Waals surface area contributed by atoms with E-state index in [1.165, 1.54) is 23.5 Å². The zero-order valence-corrected chi connectivity index (χ0v) is 22.0. The second kappa shape index (κ2) is 10.3. The molecular weight excluding hydrogens is 510 g/mol. The molecule has 9 nitrogen and oxygen atoms in total. The molecule has 1 aromatic heterocycles. The monoisotopic (exact) mass is 540 g/mol. The molecule has 11 heteroatoms. The highest BCUT2D eigenvalue weighted by Crippen LogP contribution is 2.47. The molecular formula is C26H30N5O4S2-. The molecule has 1 unspecified atom stereocenters. The molecule has 2 N–H and O–H groups in total. The van der Waals surface area contributed by atoms with Gasteiger partial charge >= 0.3 is 0 Å². The first kappa shape index (κ1) is 25.5. The van der Waals surface area contributed by atoms with Crippen molar-refractivity contribution in [2.45, 2.75) is 35.6 Å². The lowest BCUT2D eigenvalue weighted by molar-refractivity contribution is -0.126. The van der Waals surface area contributed by atoms with Crippen LogP contribution in [-0.4, -0.2) is 63.2 Å². The number of rotatable bonds is 3. The van der Waals surface area contributed by atoms with Crippen LogP contribution in [0.4, 0.5) is 16.5 Å². The molecule has 3 aliphatic rings. The maximum Gasteiger partial charge on any atom is 0.244 e. The Morgan fingerprint density at radius 1 is 1.11 bits per heavy atom. The van der Waals surface area contributed by atoms with Crippen molar-refractivity contribution in [1.82, 2.24) is 9.88 Å². The maximum atomic E-state index is 13.1. The first-order valence-electron chi connectivity index (χ1n) is 12.1. The maximum absolute atomic E-state index is 13.1. The fourth-order valence-corrected chi connectivity index (χ4v) is 6.39. The summed E-state index contributed by atoms with van der Waals surface area (Å²) < 4.78 is 22.1. The van der Waals surface area contributed by atoms with E-state index in [2.05, 4.69) is 16.0 Å². The summed E-state index contributed by atoms with van der Waals surface area (Å²) in [5.74, 6) is 0.200. The molecule has 2 aromatic carbocycles. The van der Waals surface area contributed by atoms with Crippen molar-refractivity contribution in [2.75, 3.05) is 42.2 Å². The van der Waals surface area contributed by atoms with E-state index in [0.717, 1.165) is 23.4 Å². The summed E-state index contributed by atoms with van der Waals surface area (Å²) >= 11 is -0.832. The Balaban J connectivity index is 0.000000425. The summed E-state index contributed by atoms with van der Waals surface area (Å²) in [5.41, 5.74) is 7.53. The second-order valence-electron chi connectivity index (χ2n) is 9.39. The first-order chi connectivity index (χ1) is 17.8. The van der Waals surface area contributed by atoms with E-state index in [-0.39, 0.29) is 24.2 Å². The van der Waals surface area contributed by atoms with Crippen molar-refractivity contribution in [3.63, 3.8) is 0 Å². The predicted octanol–water partition coefficient (Wildman–Crippen LogP) is 3.01. The lowest BCUT2D eigenvalue weighted by atomic mass is 9.73. The number of amides is 2. The molecule has 0 saturated carbocycles. The molecule has 2 saturated heterocycles. The van der Waals surface area contributed by atoms with Gasteiger partial charge in [0.05, 0.1) is 11.5 Å². The van der Waals surface area contributed by atoms with Gasteiger partial charge in [0.15, 0.2) is 5.13 Å². The van der Waals surface area contributed by atoms with Gasteiger partial charge in [-0.2, -0.15) is 0 Å². The van der Waals surface area contributed by atoms with Crippen LogP contribution < -0.4 is 15.5 Å². The van der Waals surface area contributed by atoms with Gasteiger partial charge in [-0.05, 0) is 66.2 Å². The van der Waals surface area contributed by atoms with Crippen LogP contribution in [0, 0.1) is 0 Å². The molecule has 2 amide bonds. The van der Waals surface area contributed by atoms with Gasteiger partial charge in [0.1, 0.15) is 0 Å². The van der Waals surface area contributed by atoms with Crippen molar-refractivity contribution in [1.29, 1.82) is 0 Å². The number of piperidine rings is 1. The number of anilines is 3. The number of carbonyl (C=O) groups is 2. The van der Waals surface area contributed by atoms with Gasteiger partial charge in [0.2, 0.25) is 11.8 Å². The Bertz CT molecular complexity index is 1310. The second-order valence-corrected chi connectivity index (χ2v) is 11.3. The Hall–Kier alpha value is -3.12. The summed E-state index contributed by atoms with van der Waals surface area (Å²) in [6.07, 6.45) is 3.83. The summed E-state index contributed by atoms with van der Waals surface area (Å²) in [6.45, 7) is 2.01. The Morgan fingerprint density at radius 3 is 2.41 bits per heavy atom. The smallest absolute Gasteiger partial charge is 0.244 e. The quantitative estimate of drug-likeness (QED) is 0.507. The summed E-state index contributed by atoms with van der Waals surface area (Å²) in [4.78, 5) is 35.9. The lowest BCUT2D eigenvalue weighted by Gasteiger charge is -2.40. The van der Waals surface area contributed by atoms with Crippen molar-refractivity contribution >= 4 is 50.7 Å². The van der Waals surface area contributed by atoms with Crippen LogP contribution in [0.2, 0.25) is 0 Å². The average Bonchev–Trinajstić information content (AvgIpc) is 3.60. The molecule has 0 radical (unpaired) electrons. The number of aromatic nitrogens is 1. The number of benzene rings is 2. The minimum atomic E-state index is -2.28. The number of hydrogen-bond donors (Lipinski definition) is 1. The highest BCUT2D eigenvalue weighted by Gasteiger charge is 2.52. The van der Waals surface area contributed by atoms with Crippen molar-refractivity contribution in [3.05, 3.63) is 65.7 Å². The molecule has 0 bridgehead atoms. The minimum absolute atomic E-state index is 0. The van der Waals surface area contributed by atoms with E-state index in [0.29, 0.717) is 37.6 Å². The molecule has 196 valence electrons. The fraction of sp³-hybridized carbons (Fsp3) is 0.346. The summed E-state index contributed by atoms with van der Waals surface area (Å²) in [7, 11) is 1.84. The zero-order valence-electron chi connectivity index (χ0n) is 20.4. The SMILES string of the molecule is CN1C(=O)C2(CCN([C@H]3CCN(c4ccc(S(=O)[O-])cc4)C3=O)CC2)c2ccccc21.Nc1nccs1.[HH]. The first-order valence-corrected chi connectivity index (χ1v) is 14.0. The lowest BCUT2D eigenvalue weighted by Crippen LogP contribution is -2.52. The Morgan fingerprint density at radius 2 is 1.81 bits per heavy atom. The third kappa shape index (κ3) is 4.68. The minimum Gasteiger partial charge on any atom is -0.768 e. The molecule has 3 aliphatic heterocycles. The number of likely N-dealkylation sites (tertiary alicyclic amines) is 1. The van der Waals surface area contributed by atoms with Crippen molar-refractivity contribution < 1.29 is 19.8 Å². The number of carbonyl (C=O) groups excluding carboxylic acids is 2. The average molecular weight is 541 g/mol. The van der Waals surface area contributed by atoms with E-state index in [4.69, 9.17) is 5.73 Å². The van der Waals surface area contributed by atoms with Gasteiger partial charge in [-0.15, -0.1) is 11.3 Å². The highest BCUT2D eigenvalue weighted by atomic mass is 32.2. The number of nitrogens with two attached hydrogens (primary N) is 1. The number of likely N-dealkylation sites (N-methyl/N-ethyl adjacent to an activating group) is 1. The third-order valence-electron chi connectivity index (χ3n) is 7.56. The van der Waals surface area contributed by atoms with Gasteiger partial charge in [0.25, 0.3) is 0 Å². The molecule has 0 aliphatic carbocycles. The van der Waals surface area contributed by atoms with Gasteiger partial charge in [-0.1, -0.05) is 18.2 Å². The molecule has 6 rings (SSSR count). The summed E-state index contributed by atoms with van der Waals surface area (Å²) in [6, 6.07) is 14.2. The Labute approximate surface area is 223 Å². The van der Waals surface area contributed by atoms with Crippen molar-refractivity contribution in [2.24, 2.45) is 0 Å². The number of thiazole rings is 1. The van der Waals surface area contributed by atoms with E-state index in [1.54, 1.807) is 28.1 Å². The van der Waals surface area contributed by atoms with Crippen LogP contribution in [0.15, 0.2) is 65.0 Å². The molecule has 3 aromatic rings. The van der Waals surface area contributed by atoms with E-state index < -0.39 is 16.5 Å². The van der Waals surface area contributed by atoms with E-state index >= 15 is 0 Å². The van der Waals surface area contributed by atoms with Gasteiger partial charge < -0.3 is 20.1 Å². The van der Waals surface area contributed by atoms with Crippen LogP contribution in [0.1, 0.15) is 26.3 Å². The Kier molecular flexibility index (Phi) is 7.13. The third-order valence-corrected chi connectivity index (χ3v) is 8.82. The summed E-state index contributed by atoms with van der Waals surface area (Å²) in [5, 5.41) is 2.48. The number of fused-ring (bicyclic) bond motifs is 2. The number of para-hydroxylation sites is 1. The van der Waals surface area contributed by atoms with Crippen LogP contribution >= 0.6 is 11.3 Å². The standard InChI is InChI=1S/C23H25N3O4S.C3H4N2S.H2/c1-24-19-5-3-2-4-18(19)23(22(24)28)11-14-25(15-12-23)20-10-13-26(21(20)27)16-6-8-17(9-7-16)31(29)30;4-3-5-1-2-6-3;/h2-9,20H,10-15H2,1H3,(H,29,30);1-2H,(H2,4,5);1H/p-1/t20-;;/m0../s1. The topological polar surface area (TPSA) is 123 Å².